The Balaban J connectivity index is 1.83. The fourth-order valence-electron chi connectivity index (χ4n) is 2.41. The van der Waals surface area contributed by atoms with Crippen LogP contribution in [0, 0.1) is 0 Å². The van der Waals surface area contributed by atoms with Crippen LogP contribution in [0.5, 0.6) is 0 Å². The molecule has 0 radical (unpaired) electrons. The smallest absolute Gasteiger partial charge is 0.246 e. The molecule has 0 saturated heterocycles. The highest BCUT2D eigenvalue weighted by Gasteiger charge is 2.03. The largest absolute Gasteiger partial charge is 0.372 e. The van der Waals surface area contributed by atoms with Crippen LogP contribution in [0.15, 0.2) is 66.2 Å². The molecule has 126 valence electrons. The Labute approximate surface area is 144 Å². The molecule has 24 heavy (non-hydrogen) atoms. The van der Waals surface area contributed by atoms with E-state index in [9.17, 15) is 4.79 Å². The molecule has 2 aromatic carbocycles. The highest BCUT2D eigenvalue weighted by molar-refractivity contribution is 5.92. The average molecular weight is 323 g/mol. The second-order valence-corrected chi connectivity index (χ2v) is 5.78. The van der Waals surface area contributed by atoms with Gasteiger partial charge in [-0.25, -0.2) is 0 Å². The molecule has 2 aromatic rings. The molecule has 0 aliphatic heterocycles. The van der Waals surface area contributed by atoms with Gasteiger partial charge in [0, 0.05) is 12.1 Å². The number of hydrogen-bond donors (Lipinski definition) is 1. The van der Waals surface area contributed by atoms with Gasteiger partial charge in [0.25, 0.3) is 0 Å². The molecule has 0 unspecified atom stereocenters. The average Bonchev–Trinajstić information content (AvgIpc) is 2.61. The van der Waals surface area contributed by atoms with Gasteiger partial charge in [0.05, 0.1) is 13.2 Å². The van der Waals surface area contributed by atoms with Gasteiger partial charge in [-0.15, -0.1) is 0 Å². The quantitative estimate of drug-likeness (QED) is 0.732. The molecule has 0 atom stereocenters. The topological polar surface area (TPSA) is 38.3 Å². The van der Waals surface area contributed by atoms with E-state index >= 15 is 0 Å². The summed E-state index contributed by atoms with van der Waals surface area (Å²) < 4.78 is 5.76. The number of allylic oxidation sites excluding steroid dienone is 1. The van der Waals surface area contributed by atoms with E-state index in [-0.39, 0.29) is 5.91 Å². The Bertz CT molecular complexity index is 677. The minimum Gasteiger partial charge on any atom is -0.372 e. The molecule has 3 heteroatoms. The van der Waals surface area contributed by atoms with Crippen LogP contribution in [0.2, 0.25) is 0 Å². The molecule has 3 nitrogen and oxygen atoms in total. The molecule has 0 aliphatic carbocycles. The van der Waals surface area contributed by atoms with Crippen LogP contribution in [0.25, 0.3) is 0 Å². The van der Waals surface area contributed by atoms with Gasteiger partial charge in [-0.05, 0) is 30.0 Å². The van der Waals surface area contributed by atoms with Crippen LogP contribution in [-0.4, -0.2) is 5.91 Å². The number of ether oxygens (including phenoxy) is 1. The van der Waals surface area contributed by atoms with Gasteiger partial charge >= 0.3 is 0 Å². The van der Waals surface area contributed by atoms with Crippen LogP contribution in [0.3, 0.4) is 0 Å². The zero-order valence-corrected chi connectivity index (χ0v) is 14.4. The van der Waals surface area contributed by atoms with E-state index in [0.29, 0.717) is 19.8 Å². The summed E-state index contributed by atoms with van der Waals surface area (Å²) in [5.74, 6) is -0.0115. The fraction of sp³-hybridized carbons (Fsp3) is 0.286. The summed E-state index contributed by atoms with van der Waals surface area (Å²) in [5.41, 5.74) is 4.12. The molecule has 0 heterocycles. The van der Waals surface area contributed by atoms with Gasteiger partial charge in [0.2, 0.25) is 5.91 Å². The molecule has 1 amide bonds. The van der Waals surface area contributed by atoms with Crippen molar-refractivity contribution in [1.29, 1.82) is 0 Å². The van der Waals surface area contributed by atoms with Crippen molar-refractivity contribution in [3.05, 3.63) is 82.9 Å². The maximum absolute atomic E-state index is 11.9. The zero-order valence-electron chi connectivity index (χ0n) is 14.4. The number of rotatable bonds is 8. The van der Waals surface area contributed by atoms with E-state index in [1.54, 1.807) is 0 Å². The second kappa shape index (κ2) is 9.68. The first-order valence-electron chi connectivity index (χ1n) is 8.33. The van der Waals surface area contributed by atoms with E-state index in [1.807, 2.05) is 56.3 Å². The third kappa shape index (κ3) is 6.01. The lowest BCUT2D eigenvalue weighted by Crippen LogP contribution is -2.23. The lowest BCUT2D eigenvalue weighted by Gasteiger charge is -2.08. The number of carbonyl (C=O) groups is 1. The summed E-state index contributed by atoms with van der Waals surface area (Å²) in [5, 5.41) is 2.94. The van der Waals surface area contributed by atoms with Crippen LogP contribution in [0.1, 0.15) is 37.0 Å². The van der Waals surface area contributed by atoms with E-state index in [2.05, 4.69) is 23.5 Å². The molecule has 0 fully saturated rings. The fourth-order valence-corrected chi connectivity index (χ4v) is 2.41. The first-order valence-corrected chi connectivity index (χ1v) is 8.33. The van der Waals surface area contributed by atoms with Crippen molar-refractivity contribution in [2.24, 2.45) is 0 Å². The van der Waals surface area contributed by atoms with Gasteiger partial charge in [-0.1, -0.05) is 67.6 Å². The van der Waals surface area contributed by atoms with Crippen molar-refractivity contribution in [2.45, 2.75) is 40.0 Å². The maximum atomic E-state index is 11.9. The van der Waals surface area contributed by atoms with E-state index in [4.69, 9.17) is 4.74 Å². The highest BCUT2D eigenvalue weighted by atomic mass is 16.5. The van der Waals surface area contributed by atoms with Crippen molar-refractivity contribution < 1.29 is 9.53 Å². The summed E-state index contributed by atoms with van der Waals surface area (Å²) in [6.07, 6.45) is 2.80. The minimum atomic E-state index is -0.0115. The van der Waals surface area contributed by atoms with E-state index in [1.165, 1.54) is 5.56 Å². The summed E-state index contributed by atoms with van der Waals surface area (Å²) in [6.45, 7) is 5.55. The molecule has 0 saturated carbocycles. The monoisotopic (exact) mass is 323 g/mol. The molecular weight excluding hydrogens is 298 g/mol. The van der Waals surface area contributed by atoms with Gasteiger partial charge in [0.1, 0.15) is 0 Å². The Morgan fingerprint density at radius 3 is 2.42 bits per heavy atom. The maximum Gasteiger partial charge on any atom is 0.246 e. The van der Waals surface area contributed by atoms with Crippen LogP contribution in [-0.2, 0) is 29.3 Å². The number of hydrogen-bond acceptors (Lipinski definition) is 2. The standard InChI is InChI=1S/C21H25NO2/c1-3-8-17(2)21(23)22-14-19-11-7-12-20(13-19)16-24-15-18-9-5-4-6-10-18/h4-13H,3,14-16H2,1-2H3,(H,22,23)/b17-8-. The molecule has 0 aliphatic rings. The third-order valence-electron chi connectivity index (χ3n) is 3.69. The van der Waals surface area contributed by atoms with Gasteiger partial charge in [0.15, 0.2) is 0 Å². The summed E-state index contributed by atoms with van der Waals surface area (Å²) in [7, 11) is 0. The minimum absolute atomic E-state index is 0.0115. The lowest BCUT2D eigenvalue weighted by atomic mass is 10.1. The van der Waals surface area contributed by atoms with Crippen LogP contribution < -0.4 is 5.32 Å². The Kier molecular flexibility index (Phi) is 7.24. The lowest BCUT2D eigenvalue weighted by molar-refractivity contribution is -0.117. The highest BCUT2D eigenvalue weighted by Crippen LogP contribution is 2.09. The third-order valence-corrected chi connectivity index (χ3v) is 3.69. The molecule has 0 spiro atoms. The van der Waals surface area contributed by atoms with Gasteiger partial charge < -0.3 is 10.1 Å². The van der Waals surface area contributed by atoms with Crippen molar-refractivity contribution in [3.63, 3.8) is 0 Å². The number of benzene rings is 2. The van der Waals surface area contributed by atoms with E-state index < -0.39 is 0 Å². The summed E-state index contributed by atoms with van der Waals surface area (Å²) in [6, 6.07) is 18.3. The first-order chi connectivity index (χ1) is 11.7. The number of nitrogens with one attached hydrogen (secondary N) is 1. The van der Waals surface area contributed by atoms with Crippen molar-refractivity contribution in [1.82, 2.24) is 5.32 Å². The Hall–Kier alpha value is -2.39. The Morgan fingerprint density at radius 1 is 1.00 bits per heavy atom. The first kappa shape index (κ1) is 18.0. The van der Waals surface area contributed by atoms with Crippen LogP contribution >= 0.6 is 0 Å². The number of amides is 1. The zero-order chi connectivity index (χ0) is 17.2. The molecular formula is C21H25NO2. The summed E-state index contributed by atoms with van der Waals surface area (Å²) in [4.78, 5) is 11.9. The normalized spacial score (nSPS) is 11.3. The van der Waals surface area contributed by atoms with Gasteiger partial charge in [-0.2, -0.15) is 0 Å². The van der Waals surface area contributed by atoms with Crippen molar-refractivity contribution in [3.8, 4) is 0 Å². The van der Waals surface area contributed by atoms with E-state index in [0.717, 1.165) is 23.1 Å². The second-order valence-electron chi connectivity index (χ2n) is 5.78. The van der Waals surface area contributed by atoms with Crippen molar-refractivity contribution in [2.75, 3.05) is 0 Å². The molecule has 0 aromatic heterocycles. The predicted molar refractivity (Wildman–Crippen MR) is 97.3 cm³/mol. The molecule has 1 N–H and O–H groups in total. The van der Waals surface area contributed by atoms with Crippen molar-refractivity contribution >= 4 is 5.91 Å². The SMILES string of the molecule is CC/C=C(/C)C(=O)NCc1cccc(COCc2ccccc2)c1. The Morgan fingerprint density at radius 2 is 1.67 bits per heavy atom. The molecule has 0 bridgehead atoms. The van der Waals surface area contributed by atoms with Gasteiger partial charge in [-0.3, -0.25) is 4.79 Å². The summed E-state index contributed by atoms with van der Waals surface area (Å²) >= 11 is 0. The predicted octanol–water partition coefficient (Wildman–Crippen LogP) is 4.38. The van der Waals surface area contributed by atoms with Crippen LogP contribution in [0.4, 0.5) is 0 Å². The number of carbonyl (C=O) groups excluding carboxylic acids is 1. The molecule has 2 rings (SSSR count).